The van der Waals surface area contributed by atoms with Crippen LogP contribution >= 0.6 is 0 Å². The Kier molecular flexibility index (Phi) is 6.83. The summed E-state index contributed by atoms with van der Waals surface area (Å²) in [6, 6.07) is 13.8. The minimum atomic E-state index is 0.102. The molecule has 156 valence electrons. The molecule has 0 saturated carbocycles. The Morgan fingerprint density at radius 3 is 2.21 bits per heavy atom. The van der Waals surface area contributed by atoms with Gasteiger partial charge in [-0.1, -0.05) is 45.7 Å². The van der Waals surface area contributed by atoms with E-state index >= 15 is 0 Å². The molecule has 1 aliphatic rings. The summed E-state index contributed by atoms with van der Waals surface area (Å²) in [7, 11) is 1.65. The number of likely N-dealkylation sites (tertiary alicyclic amines) is 1. The van der Waals surface area contributed by atoms with Gasteiger partial charge >= 0.3 is 0 Å². The molecule has 0 aliphatic carbocycles. The van der Waals surface area contributed by atoms with Gasteiger partial charge in [-0.2, -0.15) is 0 Å². The highest BCUT2D eigenvalue weighted by molar-refractivity contribution is 5.94. The maximum Gasteiger partial charge on any atom is 0.253 e. The quantitative estimate of drug-likeness (QED) is 0.663. The molecule has 0 atom stereocenters. The van der Waals surface area contributed by atoms with Gasteiger partial charge < -0.3 is 14.4 Å². The molecule has 0 spiro atoms. The molecule has 0 bridgehead atoms. The first kappa shape index (κ1) is 21.2. The molecule has 1 aliphatic heterocycles. The first-order valence-electron chi connectivity index (χ1n) is 10.6. The third-order valence-electron chi connectivity index (χ3n) is 5.54. The minimum absolute atomic E-state index is 0.102. The van der Waals surface area contributed by atoms with Crippen LogP contribution in [0, 0.1) is 0 Å². The zero-order valence-corrected chi connectivity index (χ0v) is 18.2. The molecule has 0 radical (unpaired) electrons. The fourth-order valence-electron chi connectivity index (χ4n) is 3.69. The Labute approximate surface area is 174 Å². The van der Waals surface area contributed by atoms with Crippen LogP contribution < -0.4 is 9.47 Å². The molecular formula is C25H33NO3. The molecule has 0 N–H and O–H groups in total. The lowest BCUT2D eigenvalue weighted by atomic mass is 9.87. The van der Waals surface area contributed by atoms with Crippen molar-refractivity contribution in [1.82, 2.24) is 4.90 Å². The van der Waals surface area contributed by atoms with Crippen LogP contribution in [0.15, 0.2) is 42.5 Å². The minimum Gasteiger partial charge on any atom is -0.496 e. The monoisotopic (exact) mass is 395 g/mol. The highest BCUT2D eigenvalue weighted by atomic mass is 16.5. The molecule has 1 saturated heterocycles. The number of ether oxygens (including phenoxy) is 2. The van der Waals surface area contributed by atoms with E-state index in [9.17, 15) is 4.79 Å². The van der Waals surface area contributed by atoms with Crippen molar-refractivity contribution in [2.45, 2.75) is 58.5 Å². The zero-order chi connectivity index (χ0) is 20.9. The van der Waals surface area contributed by atoms with Gasteiger partial charge in [0.05, 0.1) is 7.11 Å². The molecule has 2 aromatic rings. The highest BCUT2D eigenvalue weighted by Gasteiger charge is 2.19. The van der Waals surface area contributed by atoms with Gasteiger partial charge in [0.15, 0.2) is 0 Å². The topological polar surface area (TPSA) is 38.8 Å². The van der Waals surface area contributed by atoms with Crippen LogP contribution in [0.3, 0.4) is 0 Å². The zero-order valence-electron chi connectivity index (χ0n) is 18.2. The number of carbonyl (C=O) groups excluding carboxylic acids is 1. The maximum atomic E-state index is 13.0. The number of amides is 1. The van der Waals surface area contributed by atoms with Gasteiger partial charge in [0, 0.05) is 24.2 Å². The molecule has 4 heteroatoms. The number of rotatable bonds is 5. The summed E-state index contributed by atoms with van der Waals surface area (Å²) in [6.45, 7) is 8.63. The van der Waals surface area contributed by atoms with Crippen molar-refractivity contribution in [3.05, 3.63) is 59.2 Å². The van der Waals surface area contributed by atoms with E-state index in [1.807, 2.05) is 35.2 Å². The molecule has 0 unspecified atom stereocenters. The number of nitrogens with zero attached hydrogens (tertiary/aromatic N) is 1. The van der Waals surface area contributed by atoms with E-state index in [0.717, 1.165) is 43.0 Å². The normalized spacial score (nSPS) is 15.0. The molecular weight excluding hydrogens is 362 g/mol. The number of benzene rings is 2. The average Bonchev–Trinajstić information content (AvgIpc) is 3.00. The van der Waals surface area contributed by atoms with Crippen molar-refractivity contribution in [3.8, 4) is 11.5 Å². The van der Waals surface area contributed by atoms with Crippen LogP contribution in [0.5, 0.6) is 11.5 Å². The summed E-state index contributed by atoms with van der Waals surface area (Å²) < 4.78 is 11.5. The van der Waals surface area contributed by atoms with Crippen LogP contribution in [0.25, 0.3) is 0 Å². The van der Waals surface area contributed by atoms with Gasteiger partial charge in [0.2, 0.25) is 0 Å². The van der Waals surface area contributed by atoms with E-state index in [4.69, 9.17) is 9.47 Å². The third kappa shape index (κ3) is 5.53. The van der Waals surface area contributed by atoms with Crippen molar-refractivity contribution in [3.63, 3.8) is 0 Å². The number of hydrogen-bond donors (Lipinski definition) is 0. The summed E-state index contributed by atoms with van der Waals surface area (Å²) in [4.78, 5) is 14.9. The van der Waals surface area contributed by atoms with Crippen LogP contribution in [0.1, 0.15) is 67.9 Å². The van der Waals surface area contributed by atoms with E-state index < -0.39 is 0 Å². The Hall–Kier alpha value is -2.49. The van der Waals surface area contributed by atoms with Crippen molar-refractivity contribution in [2.24, 2.45) is 0 Å². The Balaban J connectivity index is 1.72. The Morgan fingerprint density at radius 1 is 0.966 bits per heavy atom. The average molecular weight is 396 g/mol. The molecule has 1 amide bonds. The molecule has 1 heterocycles. The lowest BCUT2D eigenvalue weighted by Gasteiger charge is -2.21. The first-order valence-corrected chi connectivity index (χ1v) is 10.6. The second kappa shape index (κ2) is 9.34. The fourth-order valence-corrected chi connectivity index (χ4v) is 3.69. The summed E-state index contributed by atoms with van der Waals surface area (Å²) in [5, 5.41) is 0. The van der Waals surface area contributed by atoms with Crippen LogP contribution in [0.4, 0.5) is 0 Å². The van der Waals surface area contributed by atoms with Crippen LogP contribution in [-0.4, -0.2) is 31.0 Å². The smallest absolute Gasteiger partial charge is 0.253 e. The van der Waals surface area contributed by atoms with Gasteiger partial charge in [-0.15, -0.1) is 0 Å². The maximum absolute atomic E-state index is 13.0. The molecule has 4 nitrogen and oxygen atoms in total. The van der Waals surface area contributed by atoms with E-state index in [1.54, 1.807) is 7.11 Å². The summed E-state index contributed by atoms with van der Waals surface area (Å²) >= 11 is 0. The van der Waals surface area contributed by atoms with Crippen molar-refractivity contribution in [1.29, 1.82) is 0 Å². The molecule has 2 aromatic carbocycles. The van der Waals surface area contributed by atoms with Gasteiger partial charge in [-0.05, 0) is 54.2 Å². The highest BCUT2D eigenvalue weighted by Crippen LogP contribution is 2.26. The van der Waals surface area contributed by atoms with Gasteiger partial charge in [0.1, 0.15) is 18.1 Å². The van der Waals surface area contributed by atoms with E-state index in [2.05, 4.69) is 32.9 Å². The van der Waals surface area contributed by atoms with E-state index in [-0.39, 0.29) is 11.3 Å². The third-order valence-corrected chi connectivity index (χ3v) is 5.54. The van der Waals surface area contributed by atoms with Crippen molar-refractivity contribution >= 4 is 5.91 Å². The molecule has 0 aromatic heterocycles. The number of methoxy groups -OCH3 is 1. The number of carbonyl (C=O) groups is 1. The second-order valence-electron chi connectivity index (χ2n) is 8.80. The van der Waals surface area contributed by atoms with Crippen LogP contribution in [-0.2, 0) is 12.0 Å². The van der Waals surface area contributed by atoms with Crippen molar-refractivity contribution in [2.75, 3.05) is 20.2 Å². The number of hydrogen-bond acceptors (Lipinski definition) is 3. The lowest BCUT2D eigenvalue weighted by Crippen LogP contribution is -2.31. The molecule has 3 rings (SSSR count). The first-order chi connectivity index (χ1) is 13.9. The summed E-state index contributed by atoms with van der Waals surface area (Å²) in [5.41, 5.74) is 2.97. The van der Waals surface area contributed by atoms with Gasteiger partial charge in [0.25, 0.3) is 5.91 Å². The largest absolute Gasteiger partial charge is 0.496 e. The summed E-state index contributed by atoms with van der Waals surface area (Å²) in [5.74, 6) is 1.65. The fraction of sp³-hybridized carbons (Fsp3) is 0.480. The van der Waals surface area contributed by atoms with Gasteiger partial charge in [-0.3, -0.25) is 4.79 Å². The Bertz CT molecular complexity index is 813. The summed E-state index contributed by atoms with van der Waals surface area (Å²) in [6.07, 6.45) is 4.59. The standard InChI is InChI=1S/C25H33NO3/c1-25(2,3)21-10-12-22(13-11-21)29-18-20-17-19(9-14-23(20)28-4)24(27)26-15-7-5-6-8-16-26/h9-14,17H,5-8,15-16,18H2,1-4H3. The van der Waals surface area contributed by atoms with E-state index in [1.165, 1.54) is 18.4 Å². The Morgan fingerprint density at radius 2 is 1.62 bits per heavy atom. The molecule has 1 fully saturated rings. The SMILES string of the molecule is COc1ccc(C(=O)N2CCCCCC2)cc1COc1ccc(C(C)(C)C)cc1. The predicted octanol–water partition coefficient (Wildman–Crippen LogP) is 5.59. The van der Waals surface area contributed by atoms with Gasteiger partial charge in [-0.25, -0.2) is 0 Å². The lowest BCUT2D eigenvalue weighted by molar-refractivity contribution is 0.0761. The van der Waals surface area contributed by atoms with Crippen LogP contribution in [0.2, 0.25) is 0 Å². The van der Waals surface area contributed by atoms with E-state index in [0.29, 0.717) is 12.2 Å². The van der Waals surface area contributed by atoms with Crippen molar-refractivity contribution < 1.29 is 14.3 Å². The second-order valence-corrected chi connectivity index (χ2v) is 8.80. The predicted molar refractivity (Wildman–Crippen MR) is 117 cm³/mol. The molecule has 29 heavy (non-hydrogen) atoms.